The van der Waals surface area contributed by atoms with Crippen molar-refractivity contribution in [2.45, 2.75) is 45.7 Å². The van der Waals surface area contributed by atoms with E-state index in [1.165, 1.54) is 19.1 Å². The second kappa shape index (κ2) is 9.00. The average molecular weight is 337 g/mol. The van der Waals surface area contributed by atoms with Gasteiger partial charge in [0.25, 0.3) is 0 Å². The molecular formula is C17H24FN3O3. The van der Waals surface area contributed by atoms with Crippen LogP contribution in [0.4, 0.5) is 4.39 Å². The number of rotatable bonds is 8. The van der Waals surface area contributed by atoms with Crippen molar-refractivity contribution in [3.63, 3.8) is 0 Å². The number of primary amides is 1. The first-order valence-electron chi connectivity index (χ1n) is 7.86. The summed E-state index contributed by atoms with van der Waals surface area (Å²) in [4.78, 5) is 35.4. The molecule has 1 aromatic carbocycles. The fraction of sp³-hybridized carbons (Fsp3) is 0.471. The van der Waals surface area contributed by atoms with E-state index < -0.39 is 35.6 Å². The number of nitrogens with one attached hydrogen (secondary N) is 2. The largest absolute Gasteiger partial charge is 0.368 e. The SMILES string of the molecule is CC[C@H](C)[C@H](NC(=O)[C@H](Cc1ccccc1F)NC(C)=O)C(N)=O. The minimum Gasteiger partial charge on any atom is -0.368 e. The van der Waals surface area contributed by atoms with E-state index >= 15 is 0 Å². The summed E-state index contributed by atoms with van der Waals surface area (Å²) in [6, 6.07) is 4.16. The Labute approximate surface area is 141 Å². The standard InChI is InChI=1S/C17H24FN3O3/c1-4-10(2)15(16(19)23)21-17(24)14(20-11(3)22)9-12-7-5-6-8-13(12)18/h5-8,10,14-15H,4,9H2,1-3H3,(H2,19,23)(H,20,22)(H,21,24)/t10-,14-,15-/m0/s1. The van der Waals surface area contributed by atoms with E-state index in [1.807, 2.05) is 6.92 Å². The molecule has 0 spiro atoms. The van der Waals surface area contributed by atoms with Crippen molar-refractivity contribution in [1.82, 2.24) is 10.6 Å². The summed E-state index contributed by atoms with van der Waals surface area (Å²) in [5.41, 5.74) is 5.64. The van der Waals surface area contributed by atoms with Gasteiger partial charge in [0, 0.05) is 13.3 Å². The fourth-order valence-electron chi connectivity index (χ4n) is 2.32. The molecule has 3 atom stereocenters. The van der Waals surface area contributed by atoms with Crippen LogP contribution in [0.1, 0.15) is 32.8 Å². The summed E-state index contributed by atoms with van der Waals surface area (Å²) < 4.78 is 13.8. The Morgan fingerprint density at radius 2 is 1.83 bits per heavy atom. The third-order valence-corrected chi connectivity index (χ3v) is 3.89. The summed E-state index contributed by atoms with van der Waals surface area (Å²) in [7, 11) is 0. The molecule has 0 unspecified atom stereocenters. The molecule has 0 saturated heterocycles. The minimum atomic E-state index is -0.995. The second-order valence-corrected chi connectivity index (χ2v) is 5.82. The summed E-state index contributed by atoms with van der Waals surface area (Å²) in [5.74, 6) is -2.26. The number of benzene rings is 1. The molecule has 132 valence electrons. The lowest BCUT2D eigenvalue weighted by Gasteiger charge is -2.25. The molecule has 0 aliphatic heterocycles. The van der Waals surface area contributed by atoms with Crippen molar-refractivity contribution in [2.75, 3.05) is 0 Å². The van der Waals surface area contributed by atoms with Gasteiger partial charge in [0.05, 0.1) is 0 Å². The maximum absolute atomic E-state index is 13.8. The Kier molecular flexibility index (Phi) is 7.35. The van der Waals surface area contributed by atoms with Crippen LogP contribution in [0.5, 0.6) is 0 Å². The quantitative estimate of drug-likeness (QED) is 0.656. The number of hydrogen-bond donors (Lipinski definition) is 3. The summed E-state index contributed by atoms with van der Waals surface area (Å²) >= 11 is 0. The van der Waals surface area contributed by atoms with Crippen LogP contribution in [0.25, 0.3) is 0 Å². The molecule has 0 radical (unpaired) electrons. The molecule has 3 amide bonds. The Balaban J connectivity index is 2.94. The topological polar surface area (TPSA) is 101 Å². The molecule has 0 heterocycles. The molecule has 1 aromatic rings. The van der Waals surface area contributed by atoms with Gasteiger partial charge in [-0.15, -0.1) is 0 Å². The van der Waals surface area contributed by atoms with Gasteiger partial charge in [0.2, 0.25) is 17.7 Å². The van der Waals surface area contributed by atoms with Crippen LogP contribution >= 0.6 is 0 Å². The van der Waals surface area contributed by atoms with E-state index in [-0.39, 0.29) is 12.3 Å². The van der Waals surface area contributed by atoms with Crippen LogP contribution < -0.4 is 16.4 Å². The van der Waals surface area contributed by atoms with Crippen molar-refractivity contribution in [1.29, 1.82) is 0 Å². The molecule has 7 heteroatoms. The predicted molar refractivity (Wildman–Crippen MR) is 88.3 cm³/mol. The molecule has 0 aromatic heterocycles. The van der Waals surface area contributed by atoms with Gasteiger partial charge in [-0.05, 0) is 17.5 Å². The van der Waals surface area contributed by atoms with Crippen molar-refractivity contribution < 1.29 is 18.8 Å². The van der Waals surface area contributed by atoms with Gasteiger partial charge in [0.1, 0.15) is 17.9 Å². The van der Waals surface area contributed by atoms with Crippen LogP contribution in [0.2, 0.25) is 0 Å². The van der Waals surface area contributed by atoms with Crippen molar-refractivity contribution in [3.8, 4) is 0 Å². The fourth-order valence-corrected chi connectivity index (χ4v) is 2.32. The normalized spacial score (nSPS) is 14.3. The van der Waals surface area contributed by atoms with Crippen molar-refractivity contribution in [3.05, 3.63) is 35.6 Å². The highest BCUT2D eigenvalue weighted by molar-refractivity contribution is 5.91. The average Bonchev–Trinajstić information content (AvgIpc) is 2.52. The number of nitrogens with two attached hydrogens (primary N) is 1. The zero-order valence-electron chi connectivity index (χ0n) is 14.1. The van der Waals surface area contributed by atoms with E-state index in [9.17, 15) is 18.8 Å². The van der Waals surface area contributed by atoms with Gasteiger partial charge in [-0.3, -0.25) is 14.4 Å². The highest BCUT2D eigenvalue weighted by atomic mass is 19.1. The maximum Gasteiger partial charge on any atom is 0.243 e. The van der Waals surface area contributed by atoms with Crippen LogP contribution in [0.3, 0.4) is 0 Å². The van der Waals surface area contributed by atoms with Gasteiger partial charge in [0.15, 0.2) is 0 Å². The van der Waals surface area contributed by atoms with Crippen LogP contribution in [0, 0.1) is 11.7 Å². The number of halogens is 1. The highest BCUT2D eigenvalue weighted by Crippen LogP contribution is 2.11. The zero-order chi connectivity index (χ0) is 18.3. The number of carbonyl (C=O) groups is 3. The van der Waals surface area contributed by atoms with E-state index in [0.29, 0.717) is 12.0 Å². The lowest BCUT2D eigenvalue weighted by molar-refractivity contribution is -0.131. The second-order valence-electron chi connectivity index (χ2n) is 5.82. The van der Waals surface area contributed by atoms with Crippen molar-refractivity contribution in [2.24, 2.45) is 11.7 Å². The third kappa shape index (κ3) is 5.64. The first kappa shape index (κ1) is 19.6. The summed E-state index contributed by atoms with van der Waals surface area (Å²) in [5, 5.41) is 5.05. The van der Waals surface area contributed by atoms with E-state index in [1.54, 1.807) is 19.1 Å². The molecule has 4 N–H and O–H groups in total. The van der Waals surface area contributed by atoms with Gasteiger partial charge in [-0.1, -0.05) is 38.5 Å². The molecule has 0 bridgehead atoms. The Bertz CT molecular complexity index is 606. The van der Waals surface area contributed by atoms with E-state index in [2.05, 4.69) is 10.6 Å². The summed E-state index contributed by atoms with van der Waals surface area (Å²) in [6.07, 6.45) is 0.621. The van der Waals surface area contributed by atoms with Crippen LogP contribution in [-0.2, 0) is 20.8 Å². The van der Waals surface area contributed by atoms with Crippen LogP contribution in [0.15, 0.2) is 24.3 Å². The lowest BCUT2D eigenvalue weighted by Crippen LogP contribution is -2.55. The Morgan fingerprint density at radius 3 is 2.33 bits per heavy atom. The zero-order valence-corrected chi connectivity index (χ0v) is 14.1. The molecular weight excluding hydrogens is 313 g/mol. The third-order valence-electron chi connectivity index (χ3n) is 3.89. The highest BCUT2D eigenvalue weighted by Gasteiger charge is 2.28. The molecule has 24 heavy (non-hydrogen) atoms. The summed E-state index contributed by atoms with van der Waals surface area (Å²) in [6.45, 7) is 4.93. The Hall–Kier alpha value is -2.44. The number of carbonyl (C=O) groups excluding carboxylic acids is 3. The molecule has 1 rings (SSSR count). The monoisotopic (exact) mass is 337 g/mol. The van der Waals surface area contributed by atoms with Gasteiger partial charge in [-0.25, -0.2) is 4.39 Å². The smallest absolute Gasteiger partial charge is 0.243 e. The van der Waals surface area contributed by atoms with E-state index in [4.69, 9.17) is 5.73 Å². The van der Waals surface area contributed by atoms with Gasteiger partial charge in [-0.2, -0.15) is 0 Å². The molecule has 0 aliphatic rings. The lowest BCUT2D eigenvalue weighted by atomic mass is 9.97. The molecule has 0 saturated carbocycles. The predicted octanol–water partition coefficient (Wildman–Crippen LogP) is 0.889. The molecule has 0 aliphatic carbocycles. The first-order chi connectivity index (χ1) is 11.3. The molecule has 6 nitrogen and oxygen atoms in total. The Morgan fingerprint density at radius 1 is 1.21 bits per heavy atom. The van der Waals surface area contributed by atoms with Gasteiger partial charge >= 0.3 is 0 Å². The van der Waals surface area contributed by atoms with E-state index in [0.717, 1.165) is 0 Å². The first-order valence-corrected chi connectivity index (χ1v) is 7.86. The van der Waals surface area contributed by atoms with Gasteiger partial charge < -0.3 is 16.4 Å². The van der Waals surface area contributed by atoms with Crippen LogP contribution in [-0.4, -0.2) is 29.8 Å². The minimum absolute atomic E-state index is 0.0237. The van der Waals surface area contributed by atoms with Crippen molar-refractivity contribution >= 4 is 17.7 Å². The maximum atomic E-state index is 13.8. The molecule has 0 fully saturated rings. The number of amides is 3. The number of hydrogen-bond acceptors (Lipinski definition) is 3.